The van der Waals surface area contributed by atoms with E-state index in [0.29, 0.717) is 6.42 Å². The van der Waals surface area contributed by atoms with Gasteiger partial charge in [0.1, 0.15) is 0 Å². The second-order valence-corrected chi connectivity index (χ2v) is 5.99. The molecule has 0 fully saturated rings. The maximum absolute atomic E-state index is 9.79. The third-order valence-corrected chi connectivity index (χ3v) is 4.09. The normalized spacial score (nSPS) is 12.5. The number of unbranched alkanes of at least 4 members (excludes halogenated alkanes) is 7. The van der Waals surface area contributed by atoms with E-state index < -0.39 is 6.10 Å². The zero-order valence-corrected chi connectivity index (χ0v) is 13.6. The van der Waals surface area contributed by atoms with Gasteiger partial charge in [0, 0.05) is 13.0 Å². The van der Waals surface area contributed by atoms with Crippen molar-refractivity contribution in [1.82, 2.24) is 0 Å². The minimum Gasteiger partial charge on any atom is -0.396 e. The number of benzene rings is 1. The van der Waals surface area contributed by atoms with Crippen LogP contribution < -0.4 is 0 Å². The molecule has 0 saturated carbocycles. The lowest BCUT2D eigenvalue weighted by atomic mass is 10.0. The van der Waals surface area contributed by atoms with Crippen molar-refractivity contribution in [2.24, 2.45) is 0 Å². The molecule has 2 N–H and O–H groups in total. The highest BCUT2D eigenvalue weighted by atomic mass is 16.3. The average molecular weight is 292 g/mol. The molecule has 120 valence electrons. The fourth-order valence-corrected chi connectivity index (χ4v) is 2.66. The molecule has 1 rings (SSSR count). The van der Waals surface area contributed by atoms with E-state index in [1.165, 1.54) is 56.9 Å². The number of aryl methyl sites for hydroxylation is 1. The lowest BCUT2D eigenvalue weighted by molar-refractivity contribution is 0.134. The Bertz CT molecular complexity index is 345. The van der Waals surface area contributed by atoms with E-state index in [1.807, 2.05) is 12.1 Å². The van der Waals surface area contributed by atoms with Crippen LogP contribution in [0.15, 0.2) is 24.3 Å². The van der Waals surface area contributed by atoms with Crippen LogP contribution in [0.3, 0.4) is 0 Å². The third kappa shape index (κ3) is 8.23. The number of hydrogen-bond acceptors (Lipinski definition) is 2. The third-order valence-electron chi connectivity index (χ3n) is 4.09. The fraction of sp³-hybridized carbons (Fsp3) is 0.684. The molecule has 2 heteroatoms. The van der Waals surface area contributed by atoms with Crippen molar-refractivity contribution < 1.29 is 10.2 Å². The van der Waals surface area contributed by atoms with E-state index in [1.54, 1.807) is 0 Å². The molecule has 1 aromatic carbocycles. The number of rotatable bonds is 12. The Morgan fingerprint density at radius 2 is 1.43 bits per heavy atom. The van der Waals surface area contributed by atoms with Gasteiger partial charge in [-0.05, 0) is 24.0 Å². The smallest absolute Gasteiger partial charge is 0.0811 e. The second-order valence-electron chi connectivity index (χ2n) is 5.99. The Labute approximate surface area is 130 Å². The Hall–Kier alpha value is -0.860. The van der Waals surface area contributed by atoms with E-state index >= 15 is 0 Å². The van der Waals surface area contributed by atoms with Crippen LogP contribution in [0.25, 0.3) is 0 Å². The summed E-state index contributed by atoms with van der Waals surface area (Å²) in [5, 5.41) is 18.6. The van der Waals surface area contributed by atoms with Crippen LogP contribution in [0, 0.1) is 0 Å². The van der Waals surface area contributed by atoms with Gasteiger partial charge in [-0.25, -0.2) is 0 Å². The predicted molar refractivity (Wildman–Crippen MR) is 89.4 cm³/mol. The molecule has 0 spiro atoms. The van der Waals surface area contributed by atoms with E-state index in [2.05, 4.69) is 19.1 Å². The molecule has 0 radical (unpaired) electrons. The van der Waals surface area contributed by atoms with Gasteiger partial charge in [-0.1, -0.05) is 76.1 Å². The van der Waals surface area contributed by atoms with Crippen molar-refractivity contribution in [3.63, 3.8) is 0 Å². The summed E-state index contributed by atoms with van der Waals surface area (Å²) in [6.45, 7) is 2.29. The molecular formula is C19H32O2. The number of hydrogen-bond donors (Lipinski definition) is 2. The first kappa shape index (κ1) is 18.2. The molecule has 0 aliphatic rings. The van der Waals surface area contributed by atoms with Gasteiger partial charge in [-0.2, -0.15) is 0 Å². The standard InChI is InChI=1S/C19H32O2/c1-2-3-4-5-6-7-8-9-10-17-11-13-18(14-12-17)19(21)15-16-20/h11-14,19-21H,2-10,15-16H2,1H3. The van der Waals surface area contributed by atoms with Crippen LogP contribution in [0.2, 0.25) is 0 Å². The highest BCUT2D eigenvalue weighted by Gasteiger charge is 2.06. The Kier molecular flexibility index (Phi) is 10.2. The summed E-state index contributed by atoms with van der Waals surface area (Å²) in [6.07, 6.45) is 11.8. The summed E-state index contributed by atoms with van der Waals surface area (Å²) in [7, 11) is 0. The van der Waals surface area contributed by atoms with Crippen LogP contribution in [0.4, 0.5) is 0 Å². The maximum Gasteiger partial charge on any atom is 0.0811 e. The lowest BCUT2D eigenvalue weighted by Crippen LogP contribution is -2.00. The number of aliphatic hydroxyl groups is 2. The zero-order chi connectivity index (χ0) is 15.3. The van der Waals surface area contributed by atoms with Gasteiger partial charge in [-0.3, -0.25) is 0 Å². The Morgan fingerprint density at radius 3 is 2.00 bits per heavy atom. The highest BCUT2D eigenvalue weighted by Crippen LogP contribution is 2.18. The molecule has 1 unspecified atom stereocenters. The minimum atomic E-state index is -0.535. The summed E-state index contributed by atoms with van der Waals surface area (Å²) >= 11 is 0. The second kappa shape index (κ2) is 11.8. The molecule has 0 aliphatic carbocycles. The fourth-order valence-electron chi connectivity index (χ4n) is 2.66. The summed E-state index contributed by atoms with van der Waals surface area (Å²) in [5.74, 6) is 0. The molecule has 0 amide bonds. The van der Waals surface area contributed by atoms with Gasteiger partial charge in [-0.15, -0.1) is 0 Å². The van der Waals surface area contributed by atoms with Crippen LogP contribution in [-0.4, -0.2) is 16.8 Å². The molecule has 1 aromatic rings. The van der Waals surface area contributed by atoms with Gasteiger partial charge in [0.2, 0.25) is 0 Å². The molecule has 0 bridgehead atoms. The van der Waals surface area contributed by atoms with Crippen LogP contribution in [-0.2, 0) is 6.42 Å². The summed E-state index contributed by atoms with van der Waals surface area (Å²) in [4.78, 5) is 0. The summed E-state index contributed by atoms with van der Waals surface area (Å²) < 4.78 is 0. The Balaban J connectivity index is 2.12. The topological polar surface area (TPSA) is 40.5 Å². The number of aliphatic hydroxyl groups excluding tert-OH is 2. The first-order valence-electron chi connectivity index (χ1n) is 8.65. The highest BCUT2D eigenvalue weighted by molar-refractivity contribution is 5.24. The molecular weight excluding hydrogens is 260 g/mol. The summed E-state index contributed by atoms with van der Waals surface area (Å²) in [6, 6.07) is 8.19. The molecule has 1 atom stereocenters. The van der Waals surface area contributed by atoms with Crippen molar-refractivity contribution in [1.29, 1.82) is 0 Å². The van der Waals surface area contributed by atoms with Crippen molar-refractivity contribution in [3.8, 4) is 0 Å². The monoisotopic (exact) mass is 292 g/mol. The Morgan fingerprint density at radius 1 is 0.857 bits per heavy atom. The quantitative estimate of drug-likeness (QED) is 0.544. The largest absolute Gasteiger partial charge is 0.396 e. The molecule has 0 aliphatic heterocycles. The van der Waals surface area contributed by atoms with Crippen LogP contribution in [0.5, 0.6) is 0 Å². The molecule has 0 heterocycles. The minimum absolute atomic E-state index is 0.0289. The average Bonchev–Trinajstić information content (AvgIpc) is 2.51. The molecule has 2 nitrogen and oxygen atoms in total. The zero-order valence-electron chi connectivity index (χ0n) is 13.6. The van der Waals surface area contributed by atoms with Gasteiger partial charge in [0.15, 0.2) is 0 Å². The van der Waals surface area contributed by atoms with E-state index in [9.17, 15) is 5.11 Å². The van der Waals surface area contributed by atoms with Crippen LogP contribution in [0.1, 0.15) is 81.9 Å². The molecule has 0 saturated heterocycles. The van der Waals surface area contributed by atoms with Gasteiger partial charge in [0.25, 0.3) is 0 Å². The first-order chi connectivity index (χ1) is 10.3. The van der Waals surface area contributed by atoms with Crippen molar-refractivity contribution in [2.45, 2.75) is 77.2 Å². The van der Waals surface area contributed by atoms with Crippen LogP contribution >= 0.6 is 0 Å². The van der Waals surface area contributed by atoms with Gasteiger partial charge < -0.3 is 10.2 Å². The van der Waals surface area contributed by atoms with Crippen molar-refractivity contribution in [2.75, 3.05) is 6.61 Å². The van der Waals surface area contributed by atoms with E-state index in [-0.39, 0.29) is 6.61 Å². The molecule has 0 aromatic heterocycles. The molecule has 21 heavy (non-hydrogen) atoms. The first-order valence-corrected chi connectivity index (χ1v) is 8.65. The lowest BCUT2D eigenvalue weighted by Gasteiger charge is -2.10. The van der Waals surface area contributed by atoms with Gasteiger partial charge >= 0.3 is 0 Å². The predicted octanol–water partition coefficient (Wildman–Crippen LogP) is 4.79. The van der Waals surface area contributed by atoms with Gasteiger partial charge in [0.05, 0.1) is 6.10 Å². The summed E-state index contributed by atoms with van der Waals surface area (Å²) in [5.41, 5.74) is 2.25. The van der Waals surface area contributed by atoms with Crippen molar-refractivity contribution >= 4 is 0 Å². The van der Waals surface area contributed by atoms with Crippen molar-refractivity contribution in [3.05, 3.63) is 35.4 Å². The van der Waals surface area contributed by atoms with E-state index in [0.717, 1.165) is 12.0 Å². The van der Waals surface area contributed by atoms with E-state index in [4.69, 9.17) is 5.11 Å². The SMILES string of the molecule is CCCCCCCCCCc1ccc(C(O)CCO)cc1. The maximum atomic E-state index is 9.79.